The van der Waals surface area contributed by atoms with Crippen molar-refractivity contribution in [3.05, 3.63) is 102 Å². The standard InChI is InChI=1S/C25H23NO2S/c1-19-11-13-20(14-12-19)15-26-16-24(22-9-5-6-10-23(22)26)29-18-25(27)28-17-21-7-3-2-4-8-21/h2-14,16H,15,17-18H2,1H3. The average Bonchev–Trinajstić information content (AvgIpc) is 3.11. The van der Waals surface area contributed by atoms with Crippen molar-refractivity contribution in [1.82, 2.24) is 4.57 Å². The molecular formula is C25H23NO2S. The molecule has 0 radical (unpaired) electrons. The molecule has 29 heavy (non-hydrogen) atoms. The Balaban J connectivity index is 1.44. The highest BCUT2D eigenvalue weighted by molar-refractivity contribution is 8.00. The molecule has 0 unspecified atom stereocenters. The largest absolute Gasteiger partial charge is 0.460 e. The van der Waals surface area contributed by atoms with Gasteiger partial charge in [0, 0.05) is 28.5 Å². The molecular weight excluding hydrogens is 378 g/mol. The normalized spacial score (nSPS) is 10.9. The van der Waals surface area contributed by atoms with Gasteiger partial charge in [0.15, 0.2) is 0 Å². The Kier molecular flexibility index (Phi) is 6.01. The minimum atomic E-state index is -0.200. The molecule has 3 nitrogen and oxygen atoms in total. The molecule has 0 fully saturated rings. The third kappa shape index (κ3) is 4.90. The Bertz CT molecular complexity index is 1100. The Morgan fingerprint density at radius 2 is 1.62 bits per heavy atom. The van der Waals surface area contributed by atoms with E-state index in [-0.39, 0.29) is 5.97 Å². The van der Waals surface area contributed by atoms with Crippen LogP contribution in [0.1, 0.15) is 16.7 Å². The van der Waals surface area contributed by atoms with Gasteiger partial charge in [0.1, 0.15) is 6.61 Å². The van der Waals surface area contributed by atoms with Crippen LogP contribution in [0.4, 0.5) is 0 Å². The second-order valence-corrected chi connectivity index (χ2v) is 8.08. The van der Waals surface area contributed by atoms with E-state index in [1.165, 1.54) is 33.8 Å². The molecule has 4 heteroatoms. The second-order valence-electron chi connectivity index (χ2n) is 7.06. The van der Waals surface area contributed by atoms with Crippen LogP contribution in [0.15, 0.2) is 90.0 Å². The third-order valence-corrected chi connectivity index (χ3v) is 5.83. The number of para-hydroxylation sites is 1. The Hall–Kier alpha value is -2.98. The summed E-state index contributed by atoms with van der Waals surface area (Å²) in [7, 11) is 0. The molecule has 3 aromatic carbocycles. The molecule has 1 aromatic heterocycles. The van der Waals surface area contributed by atoms with Crippen LogP contribution >= 0.6 is 11.8 Å². The van der Waals surface area contributed by atoms with Crippen LogP contribution < -0.4 is 0 Å². The van der Waals surface area contributed by atoms with Crippen molar-refractivity contribution in [3.8, 4) is 0 Å². The summed E-state index contributed by atoms with van der Waals surface area (Å²) < 4.78 is 7.66. The SMILES string of the molecule is Cc1ccc(Cn2cc(SCC(=O)OCc3ccccc3)c3ccccc32)cc1. The van der Waals surface area contributed by atoms with E-state index in [1.807, 2.05) is 36.4 Å². The maximum Gasteiger partial charge on any atom is 0.316 e. The average molecular weight is 402 g/mol. The van der Waals surface area contributed by atoms with Crippen molar-refractivity contribution in [3.63, 3.8) is 0 Å². The fraction of sp³-hybridized carbons (Fsp3) is 0.160. The van der Waals surface area contributed by atoms with Gasteiger partial charge in [-0.15, -0.1) is 11.8 Å². The lowest BCUT2D eigenvalue weighted by Gasteiger charge is -2.06. The minimum Gasteiger partial charge on any atom is -0.460 e. The first kappa shape index (κ1) is 19.3. The number of aryl methyl sites for hydroxylation is 1. The highest BCUT2D eigenvalue weighted by Gasteiger charge is 2.12. The number of thioether (sulfide) groups is 1. The predicted octanol–water partition coefficient (Wildman–Crippen LogP) is 5.83. The lowest BCUT2D eigenvalue weighted by molar-refractivity contribution is -0.141. The summed E-state index contributed by atoms with van der Waals surface area (Å²) in [4.78, 5) is 13.3. The van der Waals surface area contributed by atoms with E-state index < -0.39 is 0 Å². The number of esters is 1. The molecule has 0 aliphatic rings. The maximum absolute atomic E-state index is 12.2. The maximum atomic E-state index is 12.2. The topological polar surface area (TPSA) is 31.2 Å². The molecule has 0 saturated heterocycles. The molecule has 0 bridgehead atoms. The number of fused-ring (bicyclic) bond motifs is 1. The Morgan fingerprint density at radius 3 is 2.41 bits per heavy atom. The number of benzene rings is 3. The molecule has 0 N–H and O–H groups in total. The van der Waals surface area contributed by atoms with Crippen LogP contribution in [0.25, 0.3) is 10.9 Å². The first-order valence-corrected chi connectivity index (χ1v) is 10.6. The summed E-state index contributed by atoms with van der Waals surface area (Å²) in [6.07, 6.45) is 2.14. The van der Waals surface area contributed by atoms with Gasteiger partial charge in [0.05, 0.1) is 5.75 Å². The zero-order chi connectivity index (χ0) is 20.1. The summed E-state index contributed by atoms with van der Waals surface area (Å²) in [5.41, 5.74) is 4.69. The molecule has 0 saturated carbocycles. The van der Waals surface area contributed by atoms with Gasteiger partial charge in [0.2, 0.25) is 0 Å². The van der Waals surface area contributed by atoms with E-state index >= 15 is 0 Å². The minimum absolute atomic E-state index is 0.200. The van der Waals surface area contributed by atoms with Crippen LogP contribution in [0.2, 0.25) is 0 Å². The molecule has 0 spiro atoms. The number of carbonyl (C=O) groups is 1. The summed E-state index contributed by atoms with van der Waals surface area (Å²) in [5, 5.41) is 1.17. The highest BCUT2D eigenvalue weighted by Crippen LogP contribution is 2.30. The van der Waals surface area contributed by atoms with Crippen LogP contribution in [0.3, 0.4) is 0 Å². The van der Waals surface area contributed by atoms with Crippen LogP contribution in [0, 0.1) is 6.92 Å². The van der Waals surface area contributed by atoms with Crippen LogP contribution in [0.5, 0.6) is 0 Å². The lowest BCUT2D eigenvalue weighted by Crippen LogP contribution is -2.07. The first-order valence-electron chi connectivity index (χ1n) is 9.65. The smallest absolute Gasteiger partial charge is 0.316 e. The van der Waals surface area contributed by atoms with Gasteiger partial charge in [-0.1, -0.05) is 78.4 Å². The predicted molar refractivity (Wildman–Crippen MR) is 119 cm³/mol. The van der Waals surface area contributed by atoms with Crippen molar-refractivity contribution in [2.75, 3.05) is 5.75 Å². The molecule has 0 aliphatic carbocycles. The van der Waals surface area contributed by atoms with Crippen LogP contribution in [-0.4, -0.2) is 16.3 Å². The van der Waals surface area contributed by atoms with E-state index in [2.05, 4.69) is 60.2 Å². The van der Waals surface area contributed by atoms with E-state index in [0.717, 1.165) is 17.0 Å². The van der Waals surface area contributed by atoms with Gasteiger partial charge in [0.25, 0.3) is 0 Å². The van der Waals surface area contributed by atoms with Gasteiger partial charge in [-0.3, -0.25) is 4.79 Å². The monoisotopic (exact) mass is 401 g/mol. The number of rotatable bonds is 7. The molecule has 0 amide bonds. The van der Waals surface area contributed by atoms with Crippen LogP contribution in [-0.2, 0) is 22.7 Å². The van der Waals surface area contributed by atoms with E-state index in [9.17, 15) is 4.79 Å². The molecule has 4 rings (SSSR count). The molecule has 0 aliphatic heterocycles. The number of aromatic nitrogens is 1. The van der Waals surface area contributed by atoms with E-state index in [0.29, 0.717) is 12.4 Å². The lowest BCUT2D eigenvalue weighted by atomic mass is 10.1. The van der Waals surface area contributed by atoms with Gasteiger partial charge < -0.3 is 9.30 Å². The number of nitrogens with zero attached hydrogens (tertiary/aromatic N) is 1. The first-order chi connectivity index (χ1) is 14.2. The number of hydrogen-bond acceptors (Lipinski definition) is 3. The Labute approximate surface area is 175 Å². The molecule has 0 atom stereocenters. The van der Waals surface area contributed by atoms with Crippen molar-refractivity contribution in [2.24, 2.45) is 0 Å². The molecule has 146 valence electrons. The number of carbonyl (C=O) groups excluding carboxylic acids is 1. The zero-order valence-electron chi connectivity index (χ0n) is 16.4. The van der Waals surface area contributed by atoms with Crippen molar-refractivity contribution >= 4 is 28.6 Å². The quantitative estimate of drug-likeness (QED) is 0.288. The van der Waals surface area contributed by atoms with Gasteiger partial charge in [-0.05, 0) is 24.1 Å². The van der Waals surface area contributed by atoms with Gasteiger partial charge in [-0.25, -0.2) is 0 Å². The summed E-state index contributed by atoms with van der Waals surface area (Å²) in [6, 6.07) is 26.7. The fourth-order valence-electron chi connectivity index (χ4n) is 3.27. The second kappa shape index (κ2) is 9.01. The molecule has 1 heterocycles. The van der Waals surface area contributed by atoms with Crippen molar-refractivity contribution < 1.29 is 9.53 Å². The van der Waals surface area contributed by atoms with E-state index in [4.69, 9.17) is 4.74 Å². The zero-order valence-corrected chi connectivity index (χ0v) is 17.2. The number of ether oxygens (including phenoxy) is 1. The summed E-state index contributed by atoms with van der Waals surface area (Å²) in [6.45, 7) is 3.22. The van der Waals surface area contributed by atoms with Crippen molar-refractivity contribution in [2.45, 2.75) is 25.0 Å². The summed E-state index contributed by atoms with van der Waals surface area (Å²) >= 11 is 1.53. The highest BCUT2D eigenvalue weighted by atomic mass is 32.2. The molecule has 4 aromatic rings. The third-order valence-electron chi connectivity index (χ3n) is 4.81. The fourth-order valence-corrected chi connectivity index (χ4v) is 4.15. The number of hydrogen-bond donors (Lipinski definition) is 0. The van der Waals surface area contributed by atoms with Gasteiger partial charge in [-0.2, -0.15) is 0 Å². The van der Waals surface area contributed by atoms with Gasteiger partial charge >= 0.3 is 5.97 Å². The van der Waals surface area contributed by atoms with E-state index in [1.54, 1.807) is 0 Å². The summed E-state index contributed by atoms with van der Waals surface area (Å²) in [5.74, 6) is 0.0972. The van der Waals surface area contributed by atoms with Crippen molar-refractivity contribution in [1.29, 1.82) is 0 Å². The Morgan fingerprint density at radius 1 is 0.897 bits per heavy atom.